The summed E-state index contributed by atoms with van der Waals surface area (Å²) >= 11 is 0. The summed E-state index contributed by atoms with van der Waals surface area (Å²) in [6.45, 7) is 8.08. The molecule has 1 atom stereocenters. The summed E-state index contributed by atoms with van der Waals surface area (Å²) in [5.41, 5.74) is -1.95. The molecule has 0 radical (unpaired) electrons. The average molecular weight is 471 g/mol. The number of benzene rings is 1. The molecule has 0 aliphatic heterocycles. The van der Waals surface area contributed by atoms with E-state index in [-0.39, 0.29) is 36.9 Å². The van der Waals surface area contributed by atoms with E-state index in [9.17, 15) is 24.3 Å². The monoisotopic (exact) mass is 471 g/mol. The first kappa shape index (κ1) is 27.5. The highest BCUT2D eigenvalue weighted by molar-refractivity contribution is 5.80. The Hall–Kier alpha value is -3.54. The molecule has 0 amide bonds. The minimum atomic E-state index is -2.20. The Kier molecular flexibility index (Phi) is 10.9. The first-order valence-corrected chi connectivity index (χ1v) is 10.3. The van der Waals surface area contributed by atoms with Gasteiger partial charge < -0.3 is 33.5 Å². The normalized spacial score (nSPS) is 12.3. The van der Waals surface area contributed by atoms with E-state index < -0.39 is 42.6 Å². The van der Waals surface area contributed by atoms with E-state index in [0.29, 0.717) is 0 Å². The van der Waals surface area contributed by atoms with Gasteiger partial charge in [-0.05, 0) is 52.3 Å². The summed E-state index contributed by atoms with van der Waals surface area (Å²) in [4.78, 5) is 47.6. The topological polar surface area (TPSA) is 156 Å². The second-order valence-electron chi connectivity index (χ2n) is 6.74. The minimum absolute atomic E-state index is 0.0202. The van der Waals surface area contributed by atoms with E-state index in [2.05, 4.69) is 5.32 Å². The third kappa shape index (κ3) is 8.85. The third-order valence-electron chi connectivity index (χ3n) is 3.76. The van der Waals surface area contributed by atoms with Gasteiger partial charge in [-0.3, -0.25) is 5.32 Å². The zero-order valence-corrected chi connectivity index (χ0v) is 19.2. The van der Waals surface area contributed by atoms with Crippen LogP contribution in [-0.2, 0) is 30.2 Å². The van der Waals surface area contributed by atoms with Crippen molar-refractivity contribution in [3.05, 3.63) is 23.8 Å². The van der Waals surface area contributed by atoms with E-state index in [1.54, 1.807) is 34.6 Å². The highest BCUT2D eigenvalue weighted by Gasteiger charge is 2.44. The Morgan fingerprint density at radius 2 is 1.39 bits per heavy atom. The molecule has 0 unspecified atom stereocenters. The Bertz CT molecular complexity index is 839. The lowest BCUT2D eigenvalue weighted by Gasteiger charge is -2.31. The molecule has 2 N–H and O–H groups in total. The number of nitrogens with one attached hydrogen (secondary N) is 1. The van der Waals surface area contributed by atoms with Gasteiger partial charge >= 0.3 is 24.4 Å². The summed E-state index contributed by atoms with van der Waals surface area (Å²) < 4.78 is 29.4. The Morgan fingerprint density at radius 1 is 0.879 bits per heavy atom. The fourth-order valence-electron chi connectivity index (χ4n) is 2.64. The summed E-state index contributed by atoms with van der Waals surface area (Å²) in [5, 5.41) is 12.6. The molecular formula is C21H29NO11. The molecule has 184 valence electrons. The lowest BCUT2D eigenvalue weighted by molar-refractivity contribution is -0.166. The van der Waals surface area contributed by atoms with Gasteiger partial charge in [-0.15, -0.1) is 0 Å². The molecule has 0 spiro atoms. The minimum Gasteiger partial charge on any atom is -0.477 e. The number of ether oxygens (including phenoxy) is 6. The zero-order valence-electron chi connectivity index (χ0n) is 19.2. The van der Waals surface area contributed by atoms with Gasteiger partial charge in [0.1, 0.15) is 0 Å². The zero-order chi connectivity index (χ0) is 25.0. The summed E-state index contributed by atoms with van der Waals surface area (Å²) in [6.07, 6.45) is -3.68. The molecule has 1 aromatic carbocycles. The Morgan fingerprint density at radius 3 is 1.88 bits per heavy atom. The molecule has 12 nitrogen and oxygen atoms in total. The summed E-state index contributed by atoms with van der Waals surface area (Å²) in [6, 6.07) is 3.52. The molecule has 1 rings (SSSR count). The van der Waals surface area contributed by atoms with Gasteiger partial charge in [0, 0.05) is 12.5 Å². The average Bonchev–Trinajstić information content (AvgIpc) is 2.69. The highest BCUT2D eigenvalue weighted by Crippen LogP contribution is 2.31. The van der Waals surface area contributed by atoms with Crippen LogP contribution in [0.1, 0.15) is 40.2 Å². The van der Waals surface area contributed by atoms with Crippen molar-refractivity contribution >= 4 is 24.4 Å². The molecular weight excluding hydrogens is 442 g/mol. The van der Waals surface area contributed by atoms with E-state index in [1.165, 1.54) is 18.2 Å². The van der Waals surface area contributed by atoms with Crippen LogP contribution < -0.4 is 14.8 Å². The molecule has 0 aliphatic rings. The quantitative estimate of drug-likeness (QED) is 0.210. The van der Waals surface area contributed by atoms with Crippen LogP contribution in [-0.4, -0.2) is 61.1 Å². The number of rotatable bonds is 11. The lowest BCUT2D eigenvalue weighted by atomic mass is 10.0. The van der Waals surface area contributed by atoms with Crippen LogP contribution in [0.2, 0.25) is 0 Å². The fraction of sp³-hybridized carbons (Fsp3) is 0.524. The van der Waals surface area contributed by atoms with Crippen LogP contribution in [0, 0.1) is 0 Å². The molecule has 0 saturated carbocycles. The standard InChI is InChI=1S/C21H29NO11/c1-6-28-18(25)31-15-10-9-14(11-16(15)32-19(26)29-7-2)12-21(17(23)24,22-13(4)5)33-20(27)30-8-3/h9-11,13,22H,6-8,12H2,1-5H3,(H,23,24)/t21-/m0/s1. The molecule has 1 aromatic rings. The van der Waals surface area contributed by atoms with Crippen molar-refractivity contribution in [2.75, 3.05) is 19.8 Å². The molecule has 0 aliphatic carbocycles. The lowest BCUT2D eigenvalue weighted by Crippen LogP contribution is -2.59. The molecule has 0 aromatic heterocycles. The van der Waals surface area contributed by atoms with Crippen molar-refractivity contribution in [2.45, 2.75) is 52.8 Å². The fourth-order valence-corrected chi connectivity index (χ4v) is 2.64. The van der Waals surface area contributed by atoms with Crippen LogP contribution >= 0.6 is 0 Å². The van der Waals surface area contributed by atoms with Gasteiger partial charge in [0.25, 0.3) is 5.72 Å². The largest absolute Gasteiger partial charge is 0.513 e. The van der Waals surface area contributed by atoms with Crippen molar-refractivity contribution in [2.24, 2.45) is 0 Å². The maximum absolute atomic E-state index is 12.1. The maximum atomic E-state index is 12.1. The smallest absolute Gasteiger partial charge is 0.477 e. The van der Waals surface area contributed by atoms with Crippen molar-refractivity contribution in [3.63, 3.8) is 0 Å². The van der Waals surface area contributed by atoms with Crippen molar-refractivity contribution in [1.82, 2.24) is 5.32 Å². The predicted octanol–water partition coefficient (Wildman–Crippen LogP) is 3.25. The van der Waals surface area contributed by atoms with E-state index in [1.807, 2.05) is 0 Å². The van der Waals surface area contributed by atoms with Crippen molar-refractivity contribution in [1.29, 1.82) is 0 Å². The van der Waals surface area contributed by atoms with Crippen LogP contribution in [0.25, 0.3) is 0 Å². The molecule has 12 heteroatoms. The van der Waals surface area contributed by atoms with Crippen LogP contribution in [0.15, 0.2) is 18.2 Å². The second kappa shape index (κ2) is 13.1. The molecule has 0 fully saturated rings. The van der Waals surface area contributed by atoms with Crippen molar-refractivity contribution < 1.29 is 52.7 Å². The predicted molar refractivity (Wildman–Crippen MR) is 112 cm³/mol. The van der Waals surface area contributed by atoms with Crippen molar-refractivity contribution in [3.8, 4) is 11.5 Å². The number of carboxylic acid groups (broad SMARTS) is 1. The maximum Gasteiger partial charge on any atom is 0.513 e. The highest BCUT2D eigenvalue weighted by atomic mass is 16.8. The Labute approximate surface area is 191 Å². The van der Waals surface area contributed by atoms with E-state index in [0.717, 1.165) is 0 Å². The summed E-state index contributed by atoms with van der Waals surface area (Å²) in [7, 11) is 0. The van der Waals surface area contributed by atoms with Gasteiger partial charge in [0.2, 0.25) is 0 Å². The molecule has 0 bridgehead atoms. The molecule has 0 heterocycles. The van der Waals surface area contributed by atoms with Gasteiger partial charge in [0.15, 0.2) is 11.5 Å². The Balaban J connectivity index is 3.37. The van der Waals surface area contributed by atoms with Crippen LogP contribution in [0.4, 0.5) is 14.4 Å². The van der Waals surface area contributed by atoms with Gasteiger partial charge in [0.05, 0.1) is 19.8 Å². The number of hydrogen-bond acceptors (Lipinski definition) is 11. The number of aliphatic carboxylic acids is 1. The summed E-state index contributed by atoms with van der Waals surface area (Å²) in [5.74, 6) is -1.89. The second-order valence-corrected chi connectivity index (χ2v) is 6.74. The molecule has 0 saturated heterocycles. The van der Waals surface area contributed by atoms with E-state index in [4.69, 9.17) is 28.4 Å². The third-order valence-corrected chi connectivity index (χ3v) is 3.76. The van der Waals surface area contributed by atoms with Crippen LogP contribution in [0.3, 0.4) is 0 Å². The number of carbonyl (C=O) groups is 4. The van der Waals surface area contributed by atoms with E-state index >= 15 is 0 Å². The first-order valence-electron chi connectivity index (χ1n) is 10.3. The first-order chi connectivity index (χ1) is 15.6. The number of carboxylic acids is 1. The van der Waals surface area contributed by atoms with Gasteiger partial charge in [-0.2, -0.15) is 0 Å². The van der Waals surface area contributed by atoms with Crippen LogP contribution in [0.5, 0.6) is 11.5 Å². The number of hydrogen-bond donors (Lipinski definition) is 2. The van der Waals surface area contributed by atoms with Gasteiger partial charge in [-0.1, -0.05) is 6.07 Å². The number of carbonyl (C=O) groups excluding carboxylic acids is 3. The van der Waals surface area contributed by atoms with Gasteiger partial charge in [-0.25, -0.2) is 19.2 Å². The SMILES string of the molecule is CCOC(=O)Oc1ccc(C[C@](NC(C)C)(OC(=O)OCC)C(=O)O)cc1OC(=O)OCC. The molecule has 33 heavy (non-hydrogen) atoms.